The molecule has 5 nitrogen and oxygen atoms in total. The van der Waals surface area contributed by atoms with E-state index in [2.05, 4.69) is 206 Å². The summed E-state index contributed by atoms with van der Waals surface area (Å²) in [6, 6.07) is 73.7. The number of fused-ring (bicyclic) bond motifs is 11. The van der Waals surface area contributed by atoms with Crippen LogP contribution in [0.4, 0.5) is 0 Å². The van der Waals surface area contributed by atoms with Crippen molar-refractivity contribution in [2.75, 3.05) is 0 Å². The van der Waals surface area contributed by atoms with Gasteiger partial charge in [-0.05, 0) is 118 Å². The number of para-hydroxylation sites is 3. The normalized spacial score (nSPS) is 17.3. The minimum atomic E-state index is -0.151. The lowest BCUT2D eigenvalue weighted by Crippen LogP contribution is -2.21. The molecular formula is C63H43N3O2. The van der Waals surface area contributed by atoms with E-state index in [1.165, 1.54) is 43.4 Å². The van der Waals surface area contributed by atoms with E-state index in [0.29, 0.717) is 5.84 Å². The van der Waals surface area contributed by atoms with Crippen LogP contribution in [0.25, 0.3) is 104 Å². The highest BCUT2D eigenvalue weighted by molar-refractivity contribution is 6.25. The molecule has 2 unspecified atom stereocenters. The van der Waals surface area contributed by atoms with Gasteiger partial charge < -0.3 is 13.4 Å². The van der Waals surface area contributed by atoms with Crippen molar-refractivity contribution in [1.29, 1.82) is 0 Å². The monoisotopic (exact) mass is 873 g/mol. The van der Waals surface area contributed by atoms with E-state index >= 15 is 0 Å². The Hall–Kier alpha value is -8.54. The summed E-state index contributed by atoms with van der Waals surface area (Å²) in [7, 11) is 0. The molecule has 0 bridgehead atoms. The summed E-state index contributed by atoms with van der Waals surface area (Å²) in [5, 5.41) is 11.4. The number of furan rings is 2. The van der Waals surface area contributed by atoms with Crippen molar-refractivity contribution in [3.05, 3.63) is 223 Å². The quantitative estimate of drug-likeness (QED) is 0.173. The molecule has 1 aliphatic heterocycles. The maximum Gasteiger partial charge on any atom is 0.159 e. The van der Waals surface area contributed by atoms with Gasteiger partial charge in [0.25, 0.3) is 0 Å². The summed E-state index contributed by atoms with van der Waals surface area (Å²) in [4.78, 5) is 11.7. The van der Waals surface area contributed by atoms with Crippen molar-refractivity contribution in [3.8, 4) is 16.8 Å². The fraction of sp³-hybridized carbons (Fsp3) is 0.0794. The van der Waals surface area contributed by atoms with Gasteiger partial charge in [-0.2, -0.15) is 0 Å². The first-order chi connectivity index (χ1) is 33.6. The van der Waals surface area contributed by atoms with Crippen LogP contribution in [0.5, 0.6) is 0 Å². The lowest BCUT2D eigenvalue weighted by Gasteiger charge is -2.25. The first kappa shape index (κ1) is 38.7. The zero-order chi connectivity index (χ0) is 44.9. The molecule has 0 saturated heterocycles. The van der Waals surface area contributed by atoms with Gasteiger partial charge in [-0.1, -0.05) is 153 Å². The molecule has 13 aromatic rings. The number of rotatable bonds is 5. The Morgan fingerprint density at radius 3 is 1.71 bits per heavy atom. The van der Waals surface area contributed by atoms with E-state index in [9.17, 15) is 0 Å². The number of benzene rings is 10. The Labute approximate surface area is 391 Å². The van der Waals surface area contributed by atoms with Gasteiger partial charge in [0.15, 0.2) is 5.84 Å². The SMILES string of the molecule is CC1CCC(c2cccc(-c3ccccc3)c2)/N=C(c2cccc3c2oc2ccccc23)\N=C/1c1c(-n2c3cc4ccccc4cc3c3cc4ccccc4cc32)ccc2c1oc1ccccc12. The van der Waals surface area contributed by atoms with Gasteiger partial charge in [0, 0.05) is 32.3 Å². The molecule has 10 aromatic carbocycles. The van der Waals surface area contributed by atoms with Gasteiger partial charge in [0.1, 0.15) is 22.3 Å². The number of hydrogen-bond donors (Lipinski definition) is 0. The third-order valence-electron chi connectivity index (χ3n) is 14.4. The highest BCUT2D eigenvalue weighted by Crippen LogP contribution is 2.43. The van der Waals surface area contributed by atoms with Crippen molar-refractivity contribution < 1.29 is 8.83 Å². The zero-order valence-corrected chi connectivity index (χ0v) is 37.4. The van der Waals surface area contributed by atoms with E-state index in [1.54, 1.807) is 0 Å². The Balaban J connectivity index is 1.08. The van der Waals surface area contributed by atoms with E-state index < -0.39 is 0 Å². The zero-order valence-electron chi connectivity index (χ0n) is 37.4. The topological polar surface area (TPSA) is 55.9 Å². The molecule has 4 heterocycles. The summed E-state index contributed by atoms with van der Waals surface area (Å²) in [5.74, 6) is 0.645. The fourth-order valence-electron chi connectivity index (χ4n) is 11.0. The van der Waals surface area contributed by atoms with Crippen LogP contribution in [-0.4, -0.2) is 16.1 Å². The summed E-state index contributed by atoms with van der Waals surface area (Å²) in [6.07, 6.45) is 1.67. The molecule has 0 saturated carbocycles. The summed E-state index contributed by atoms with van der Waals surface area (Å²) >= 11 is 0. The summed E-state index contributed by atoms with van der Waals surface area (Å²) < 4.78 is 16.4. The first-order valence-corrected chi connectivity index (χ1v) is 23.6. The standard InChI is InChI=1S/C63H43N3O2/c1-38-29-31-53(45-22-13-21-40(33-45)39-15-3-2-4-16-39)64-63(50-26-14-25-48-46-23-9-11-27-57(46)67-61(48)50)65-60(38)59-54(32-30-49-47-24-10-12-28-58(47)68-62(49)59)66-55-36-43-19-7-5-17-41(43)34-51(55)52-35-42-18-6-8-20-44(42)37-56(52)66/h2-28,30,32-38,53H,29,31H2,1H3/b64-63-,65-60+. The molecule has 68 heavy (non-hydrogen) atoms. The van der Waals surface area contributed by atoms with E-state index in [1.807, 2.05) is 12.1 Å². The minimum Gasteiger partial charge on any atom is -0.455 e. The third kappa shape index (κ3) is 6.09. The highest BCUT2D eigenvalue weighted by Gasteiger charge is 2.30. The molecule has 5 heteroatoms. The van der Waals surface area contributed by atoms with Crippen molar-refractivity contribution >= 4 is 98.8 Å². The molecule has 0 fully saturated rings. The maximum absolute atomic E-state index is 7.10. The Kier molecular flexibility index (Phi) is 8.69. The molecule has 0 N–H and O–H groups in total. The molecule has 2 atom stereocenters. The lowest BCUT2D eigenvalue weighted by molar-refractivity contribution is 0.555. The van der Waals surface area contributed by atoms with Crippen LogP contribution in [0.3, 0.4) is 0 Å². The van der Waals surface area contributed by atoms with Gasteiger partial charge in [-0.15, -0.1) is 0 Å². The van der Waals surface area contributed by atoms with Crippen molar-refractivity contribution in [2.45, 2.75) is 25.8 Å². The predicted octanol–water partition coefficient (Wildman–Crippen LogP) is 17.0. The van der Waals surface area contributed by atoms with Gasteiger partial charge >= 0.3 is 0 Å². The fourth-order valence-corrected chi connectivity index (χ4v) is 11.0. The van der Waals surface area contributed by atoms with Gasteiger partial charge in [0.05, 0.1) is 39.6 Å². The number of aliphatic imine (C=N–C) groups is 2. The second-order valence-electron chi connectivity index (χ2n) is 18.4. The molecule has 0 radical (unpaired) electrons. The van der Waals surface area contributed by atoms with Crippen LogP contribution in [0.2, 0.25) is 0 Å². The number of amidine groups is 1. The molecular weight excluding hydrogens is 831 g/mol. The van der Waals surface area contributed by atoms with Gasteiger partial charge in [-0.25, -0.2) is 4.99 Å². The number of aromatic nitrogens is 1. The predicted molar refractivity (Wildman–Crippen MR) is 283 cm³/mol. The van der Waals surface area contributed by atoms with Crippen LogP contribution < -0.4 is 0 Å². The number of hydrogen-bond acceptors (Lipinski definition) is 4. The van der Waals surface area contributed by atoms with Crippen molar-refractivity contribution in [3.63, 3.8) is 0 Å². The second kappa shape index (κ2) is 15.3. The molecule has 322 valence electrons. The Morgan fingerprint density at radius 2 is 1.01 bits per heavy atom. The van der Waals surface area contributed by atoms with E-state index in [-0.39, 0.29) is 12.0 Å². The van der Waals surface area contributed by atoms with Crippen LogP contribution in [0, 0.1) is 5.92 Å². The molecule has 0 aliphatic carbocycles. The molecule has 14 rings (SSSR count). The first-order valence-electron chi connectivity index (χ1n) is 23.6. The highest BCUT2D eigenvalue weighted by atomic mass is 16.3. The molecule has 3 aromatic heterocycles. The minimum absolute atomic E-state index is 0.00231. The third-order valence-corrected chi connectivity index (χ3v) is 14.4. The van der Waals surface area contributed by atoms with Gasteiger partial charge in [0.2, 0.25) is 0 Å². The van der Waals surface area contributed by atoms with Crippen LogP contribution >= 0.6 is 0 Å². The Morgan fingerprint density at radius 1 is 0.456 bits per heavy atom. The number of nitrogens with zero attached hydrogens (tertiary/aromatic N) is 3. The summed E-state index contributed by atoms with van der Waals surface area (Å²) in [5.41, 5.74) is 12.8. The average molecular weight is 874 g/mol. The molecule has 1 aliphatic rings. The second-order valence-corrected chi connectivity index (χ2v) is 18.4. The maximum atomic E-state index is 7.10. The summed E-state index contributed by atoms with van der Waals surface area (Å²) in [6.45, 7) is 2.33. The Bertz CT molecular complexity index is 4150. The molecule has 0 amide bonds. The van der Waals surface area contributed by atoms with Crippen molar-refractivity contribution in [2.24, 2.45) is 15.9 Å². The van der Waals surface area contributed by atoms with Crippen LogP contribution in [0.15, 0.2) is 225 Å². The van der Waals surface area contributed by atoms with Crippen molar-refractivity contribution in [1.82, 2.24) is 4.57 Å². The van der Waals surface area contributed by atoms with E-state index in [0.717, 1.165) is 95.8 Å². The van der Waals surface area contributed by atoms with Gasteiger partial charge in [-0.3, -0.25) is 4.99 Å². The van der Waals surface area contributed by atoms with E-state index in [4.69, 9.17) is 18.8 Å². The average Bonchev–Trinajstić information content (AvgIpc) is 4.06. The molecule has 0 spiro atoms. The van der Waals surface area contributed by atoms with Crippen LogP contribution in [-0.2, 0) is 0 Å². The van der Waals surface area contributed by atoms with Crippen LogP contribution in [0.1, 0.15) is 42.5 Å². The lowest BCUT2D eigenvalue weighted by atomic mass is 9.87. The smallest absolute Gasteiger partial charge is 0.159 e. The largest absolute Gasteiger partial charge is 0.455 e.